The van der Waals surface area contributed by atoms with E-state index in [1.807, 2.05) is 17.5 Å². The Morgan fingerprint density at radius 3 is 2.71 bits per heavy atom. The summed E-state index contributed by atoms with van der Waals surface area (Å²) < 4.78 is 10.3. The molecular weight excluding hydrogens is 400 g/mol. The summed E-state index contributed by atoms with van der Waals surface area (Å²) in [7, 11) is 0. The van der Waals surface area contributed by atoms with Crippen LogP contribution in [-0.2, 0) is 4.74 Å². The number of ether oxygens (including phenoxy) is 1. The SMILES string of the molecule is CCOC(=O)c1c(NC(=O)c2cc(-c3cccs3)on2)sc(C(=O)CC)c1C. The Bertz CT molecular complexity index is 1020. The topological polar surface area (TPSA) is 98.5 Å². The lowest BCUT2D eigenvalue weighted by Gasteiger charge is -2.05. The van der Waals surface area contributed by atoms with Crippen molar-refractivity contribution in [3.8, 4) is 10.6 Å². The van der Waals surface area contributed by atoms with Crippen molar-refractivity contribution in [2.75, 3.05) is 11.9 Å². The van der Waals surface area contributed by atoms with Gasteiger partial charge in [-0.15, -0.1) is 22.7 Å². The van der Waals surface area contributed by atoms with Crippen molar-refractivity contribution in [3.05, 3.63) is 45.3 Å². The number of rotatable bonds is 7. The van der Waals surface area contributed by atoms with Crippen molar-refractivity contribution in [1.29, 1.82) is 0 Å². The second kappa shape index (κ2) is 8.49. The molecule has 3 aromatic heterocycles. The fraction of sp³-hybridized carbons (Fsp3) is 0.263. The summed E-state index contributed by atoms with van der Waals surface area (Å²) in [5.74, 6) is -0.736. The highest BCUT2D eigenvalue weighted by Crippen LogP contribution is 2.35. The Balaban J connectivity index is 1.91. The number of carbonyl (C=O) groups is 3. The Morgan fingerprint density at radius 2 is 2.07 bits per heavy atom. The maximum Gasteiger partial charge on any atom is 0.341 e. The number of nitrogens with one attached hydrogen (secondary N) is 1. The zero-order chi connectivity index (χ0) is 20.3. The first-order chi connectivity index (χ1) is 13.5. The number of anilines is 1. The number of aromatic nitrogens is 1. The third-order valence-corrected chi connectivity index (χ3v) is 6.07. The van der Waals surface area contributed by atoms with E-state index in [1.54, 1.807) is 20.8 Å². The highest BCUT2D eigenvalue weighted by molar-refractivity contribution is 7.18. The van der Waals surface area contributed by atoms with E-state index in [9.17, 15) is 14.4 Å². The summed E-state index contributed by atoms with van der Waals surface area (Å²) >= 11 is 2.53. The van der Waals surface area contributed by atoms with Crippen LogP contribution in [0.25, 0.3) is 10.6 Å². The number of hydrogen-bond acceptors (Lipinski definition) is 8. The minimum atomic E-state index is -0.582. The van der Waals surface area contributed by atoms with E-state index in [0.717, 1.165) is 16.2 Å². The molecule has 0 atom stereocenters. The largest absolute Gasteiger partial charge is 0.462 e. The molecular formula is C19H18N2O5S2. The van der Waals surface area contributed by atoms with Crippen LogP contribution in [0.5, 0.6) is 0 Å². The molecule has 3 rings (SSSR count). The van der Waals surface area contributed by atoms with Crippen LogP contribution in [-0.4, -0.2) is 29.4 Å². The smallest absolute Gasteiger partial charge is 0.341 e. The van der Waals surface area contributed by atoms with E-state index in [1.165, 1.54) is 17.4 Å². The van der Waals surface area contributed by atoms with Crippen LogP contribution in [0.2, 0.25) is 0 Å². The monoisotopic (exact) mass is 418 g/mol. The van der Waals surface area contributed by atoms with Gasteiger partial charge in [0.2, 0.25) is 0 Å². The molecule has 0 radical (unpaired) electrons. The molecule has 3 heterocycles. The van der Waals surface area contributed by atoms with E-state index < -0.39 is 11.9 Å². The quantitative estimate of drug-likeness (QED) is 0.437. The van der Waals surface area contributed by atoms with E-state index in [-0.39, 0.29) is 28.6 Å². The molecule has 0 aliphatic carbocycles. The molecule has 28 heavy (non-hydrogen) atoms. The number of amides is 1. The summed E-state index contributed by atoms with van der Waals surface area (Å²) in [6.45, 7) is 5.29. The van der Waals surface area contributed by atoms with Crippen molar-refractivity contribution in [1.82, 2.24) is 5.16 Å². The molecule has 0 aliphatic heterocycles. The summed E-state index contributed by atoms with van der Waals surface area (Å²) in [6.07, 6.45) is 0.296. The molecule has 0 saturated heterocycles. The fourth-order valence-corrected chi connectivity index (χ4v) is 4.43. The first-order valence-corrected chi connectivity index (χ1v) is 10.3. The number of hydrogen-bond donors (Lipinski definition) is 1. The molecule has 0 unspecified atom stereocenters. The van der Waals surface area contributed by atoms with E-state index in [4.69, 9.17) is 9.26 Å². The van der Waals surface area contributed by atoms with Crippen LogP contribution in [0, 0.1) is 6.92 Å². The predicted octanol–water partition coefficient (Wildman–Crippen LogP) is 4.79. The third-order valence-electron chi connectivity index (χ3n) is 3.93. The number of Topliss-reactive ketones (excluding diaryl/α,β-unsaturated/α-hetero) is 1. The predicted molar refractivity (Wildman–Crippen MR) is 107 cm³/mol. The number of carbonyl (C=O) groups excluding carboxylic acids is 3. The van der Waals surface area contributed by atoms with Crippen molar-refractivity contribution in [3.63, 3.8) is 0 Å². The normalized spacial score (nSPS) is 10.7. The zero-order valence-electron chi connectivity index (χ0n) is 15.5. The van der Waals surface area contributed by atoms with Gasteiger partial charge in [-0.05, 0) is 30.9 Å². The van der Waals surface area contributed by atoms with E-state index >= 15 is 0 Å². The van der Waals surface area contributed by atoms with Gasteiger partial charge in [0.05, 0.1) is 21.9 Å². The molecule has 1 N–H and O–H groups in total. The standard InChI is InChI=1S/C19H18N2O5S2/c1-4-12(22)16-10(3)15(19(24)25-5-2)18(28-16)20-17(23)11-9-13(26-21-11)14-7-6-8-27-14/h6-9H,4-5H2,1-3H3,(H,20,23). The van der Waals surface area contributed by atoms with Crippen molar-refractivity contribution < 1.29 is 23.6 Å². The first-order valence-electron chi connectivity index (χ1n) is 8.61. The van der Waals surface area contributed by atoms with Gasteiger partial charge in [0, 0.05) is 12.5 Å². The van der Waals surface area contributed by atoms with Crippen LogP contribution >= 0.6 is 22.7 Å². The molecule has 1 amide bonds. The maximum atomic E-state index is 12.6. The second-order valence-corrected chi connectivity index (χ2v) is 7.73. The Labute approximate surface area is 169 Å². The minimum absolute atomic E-state index is 0.0765. The van der Waals surface area contributed by atoms with Crippen LogP contribution in [0.3, 0.4) is 0 Å². The van der Waals surface area contributed by atoms with Gasteiger partial charge in [0.25, 0.3) is 5.91 Å². The molecule has 7 nitrogen and oxygen atoms in total. The fourth-order valence-electron chi connectivity index (χ4n) is 2.56. The first kappa shape index (κ1) is 20.0. The van der Waals surface area contributed by atoms with Crippen LogP contribution in [0.15, 0.2) is 28.1 Å². The maximum absolute atomic E-state index is 12.6. The summed E-state index contributed by atoms with van der Waals surface area (Å²) in [5.41, 5.74) is 0.775. The Morgan fingerprint density at radius 1 is 1.29 bits per heavy atom. The van der Waals surface area contributed by atoms with E-state index in [0.29, 0.717) is 22.6 Å². The molecule has 0 aliphatic rings. The highest BCUT2D eigenvalue weighted by Gasteiger charge is 2.27. The van der Waals surface area contributed by atoms with Gasteiger partial charge in [-0.2, -0.15) is 0 Å². The average Bonchev–Trinajstić information content (AvgIpc) is 3.41. The number of thiophene rings is 2. The zero-order valence-corrected chi connectivity index (χ0v) is 17.2. The highest BCUT2D eigenvalue weighted by atomic mass is 32.1. The minimum Gasteiger partial charge on any atom is -0.462 e. The van der Waals surface area contributed by atoms with Gasteiger partial charge in [-0.25, -0.2) is 4.79 Å². The average molecular weight is 418 g/mol. The van der Waals surface area contributed by atoms with Crippen molar-refractivity contribution >= 4 is 45.3 Å². The summed E-state index contributed by atoms with van der Waals surface area (Å²) in [5, 5.41) is 8.63. The van der Waals surface area contributed by atoms with Crippen LogP contribution < -0.4 is 5.32 Å². The Hall–Kier alpha value is -2.78. The van der Waals surface area contributed by atoms with Gasteiger partial charge in [0.15, 0.2) is 17.2 Å². The molecule has 0 saturated carbocycles. The lowest BCUT2D eigenvalue weighted by Crippen LogP contribution is -2.15. The molecule has 146 valence electrons. The molecule has 0 spiro atoms. The number of nitrogens with zero attached hydrogens (tertiary/aromatic N) is 1. The Kier molecular flexibility index (Phi) is 6.05. The van der Waals surface area contributed by atoms with Crippen molar-refractivity contribution in [2.45, 2.75) is 27.2 Å². The molecule has 0 bridgehead atoms. The molecule has 9 heteroatoms. The van der Waals surface area contributed by atoms with Crippen LogP contribution in [0.1, 0.15) is 56.3 Å². The molecule has 0 aromatic carbocycles. The summed E-state index contributed by atoms with van der Waals surface area (Å²) in [6, 6.07) is 5.26. The van der Waals surface area contributed by atoms with Gasteiger partial charge >= 0.3 is 5.97 Å². The lowest BCUT2D eigenvalue weighted by molar-refractivity contribution is 0.0527. The second-order valence-electron chi connectivity index (χ2n) is 5.77. The van der Waals surface area contributed by atoms with E-state index in [2.05, 4.69) is 10.5 Å². The van der Waals surface area contributed by atoms with Gasteiger partial charge in [0.1, 0.15) is 5.00 Å². The van der Waals surface area contributed by atoms with Gasteiger partial charge in [-0.3, -0.25) is 9.59 Å². The third kappa shape index (κ3) is 3.90. The lowest BCUT2D eigenvalue weighted by atomic mass is 10.1. The number of ketones is 1. The molecule has 3 aromatic rings. The van der Waals surface area contributed by atoms with Crippen LogP contribution in [0.4, 0.5) is 5.00 Å². The van der Waals surface area contributed by atoms with Crippen molar-refractivity contribution in [2.24, 2.45) is 0 Å². The summed E-state index contributed by atoms with van der Waals surface area (Å²) in [4.78, 5) is 38.5. The van der Waals surface area contributed by atoms with Gasteiger partial charge < -0.3 is 14.6 Å². The molecule has 0 fully saturated rings. The van der Waals surface area contributed by atoms with Gasteiger partial charge in [-0.1, -0.05) is 18.1 Å². The number of esters is 1.